The summed E-state index contributed by atoms with van der Waals surface area (Å²) in [4.78, 5) is 18.4. The van der Waals surface area contributed by atoms with Crippen LogP contribution in [0.3, 0.4) is 0 Å². The molecule has 2 aromatic rings. The second-order valence-corrected chi connectivity index (χ2v) is 3.56. The number of nitro groups is 1. The fraction of sp³-hybridized carbons (Fsp3) is 0.167. The summed E-state index contributed by atoms with van der Waals surface area (Å²) in [7, 11) is -2.71. The van der Waals surface area contributed by atoms with Crippen molar-refractivity contribution in [2.24, 2.45) is 0 Å². The third kappa shape index (κ3) is 2.95. The molecule has 1 heterocycles. The maximum absolute atomic E-state index is 11.1. The van der Waals surface area contributed by atoms with Gasteiger partial charge in [0.05, 0.1) is 34.5 Å². The summed E-state index contributed by atoms with van der Waals surface area (Å²) < 4.78 is 26.2. The van der Waals surface area contributed by atoms with Crippen LogP contribution in [0.1, 0.15) is 9.81 Å². The smallest absolute Gasteiger partial charge is 0.296 e. The summed E-state index contributed by atoms with van der Waals surface area (Å²) in [6, 6.07) is 3.95. The van der Waals surface area contributed by atoms with Gasteiger partial charge in [-0.3, -0.25) is 20.1 Å². The van der Waals surface area contributed by atoms with Gasteiger partial charge in [-0.15, -0.1) is 0 Å². The van der Waals surface area contributed by atoms with Gasteiger partial charge in [0.15, 0.2) is 5.69 Å². The number of ether oxygens (including phenoxy) is 1. The standard InChI is InChI=1S/C12H12N4O3/c1-19-11-4-2-3-10(16(17)18)12(11)15-8-9-7-13-5-6-14-9/h2-7,15H,8H2,1H3/i1D3. The molecule has 0 fully saturated rings. The molecule has 0 aliphatic rings. The maximum atomic E-state index is 11.1. The minimum absolute atomic E-state index is 0.0192. The molecule has 0 aliphatic heterocycles. The summed E-state index contributed by atoms with van der Waals surface area (Å²) in [5, 5.41) is 13.9. The lowest BCUT2D eigenvalue weighted by molar-refractivity contribution is -0.384. The Morgan fingerprint density at radius 2 is 2.42 bits per heavy atom. The lowest BCUT2D eigenvalue weighted by Gasteiger charge is -2.10. The zero-order chi connectivity index (χ0) is 16.2. The van der Waals surface area contributed by atoms with Crippen LogP contribution in [0.15, 0.2) is 36.8 Å². The number of hydrogen-bond acceptors (Lipinski definition) is 6. The van der Waals surface area contributed by atoms with Gasteiger partial charge < -0.3 is 10.1 Å². The molecule has 7 heteroatoms. The van der Waals surface area contributed by atoms with Gasteiger partial charge in [-0.05, 0) is 6.07 Å². The first-order chi connectivity index (χ1) is 10.4. The van der Waals surface area contributed by atoms with Gasteiger partial charge in [0.1, 0.15) is 5.75 Å². The monoisotopic (exact) mass is 263 g/mol. The molecule has 0 saturated heterocycles. The van der Waals surface area contributed by atoms with Crippen molar-refractivity contribution in [3.05, 3.63) is 52.6 Å². The highest BCUT2D eigenvalue weighted by Crippen LogP contribution is 2.34. The number of nitro benzene ring substituents is 1. The summed E-state index contributed by atoms with van der Waals surface area (Å²) in [5.74, 6) is -0.127. The number of methoxy groups -OCH3 is 1. The third-order valence-electron chi connectivity index (χ3n) is 2.37. The maximum Gasteiger partial charge on any atom is 0.296 e. The van der Waals surface area contributed by atoms with E-state index in [-0.39, 0.29) is 23.7 Å². The van der Waals surface area contributed by atoms with E-state index < -0.39 is 12.0 Å². The second kappa shape index (κ2) is 5.76. The van der Waals surface area contributed by atoms with E-state index in [4.69, 9.17) is 8.85 Å². The highest BCUT2D eigenvalue weighted by Gasteiger charge is 2.17. The Morgan fingerprint density at radius 1 is 1.53 bits per heavy atom. The second-order valence-electron chi connectivity index (χ2n) is 3.56. The Morgan fingerprint density at radius 3 is 3.11 bits per heavy atom. The average Bonchev–Trinajstić information content (AvgIpc) is 2.45. The van der Waals surface area contributed by atoms with Gasteiger partial charge in [-0.2, -0.15) is 0 Å². The predicted molar refractivity (Wildman–Crippen MR) is 69.0 cm³/mol. The lowest BCUT2D eigenvalue weighted by atomic mass is 10.2. The van der Waals surface area contributed by atoms with E-state index in [1.807, 2.05) is 0 Å². The minimum Gasteiger partial charge on any atom is -0.494 e. The van der Waals surface area contributed by atoms with Crippen molar-refractivity contribution in [1.82, 2.24) is 9.97 Å². The van der Waals surface area contributed by atoms with Crippen molar-refractivity contribution < 1.29 is 13.8 Å². The molecule has 19 heavy (non-hydrogen) atoms. The van der Waals surface area contributed by atoms with Crippen molar-refractivity contribution in [2.45, 2.75) is 6.54 Å². The summed E-state index contributed by atoms with van der Waals surface area (Å²) in [6.07, 6.45) is 4.47. The number of benzene rings is 1. The van der Waals surface area contributed by atoms with Crippen LogP contribution in [0.4, 0.5) is 11.4 Å². The van der Waals surface area contributed by atoms with Crippen LogP contribution >= 0.6 is 0 Å². The molecule has 0 unspecified atom stereocenters. The SMILES string of the molecule is [2H]C([2H])([2H])Oc1cccc([N+](=O)[O-])c1NCc1cnccn1. The summed E-state index contributed by atoms with van der Waals surface area (Å²) in [5.41, 5.74) is 0.236. The molecule has 1 aromatic heterocycles. The van der Waals surface area contributed by atoms with Crippen LogP contribution in [0.5, 0.6) is 5.75 Å². The third-order valence-corrected chi connectivity index (χ3v) is 2.37. The predicted octanol–water partition coefficient (Wildman–Crippen LogP) is 2.01. The molecule has 98 valence electrons. The van der Waals surface area contributed by atoms with Gasteiger partial charge in [-0.1, -0.05) is 6.07 Å². The summed E-state index contributed by atoms with van der Waals surface area (Å²) in [6.45, 7) is 0.135. The van der Waals surface area contributed by atoms with E-state index in [1.54, 1.807) is 0 Å². The van der Waals surface area contributed by atoms with E-state index in [2.05, 4.69) is 15.3 Å². The summed E-state index contributed by atoms with van der Waals surface area (Å²) >= 11 is 0. The van der Waals surface area contributed by atoms with E-state index in [9.17, 15) is 10.1 Å². The molecule has 0 aliphatic carbocycles. The Balaban J connectivity index is 2.31. The number of hydrogen-bond donors (Lipinski definition) is 1. The van der Waals surface area contributed by atoms with Crippen LogP contribution in [0, 0.1) is 10.1 Å². The molecular weight excluding hydrogens is 248 g/mol. The largest absolute Gasteiger partial charge is 0.494 e. The fourth-order valence-corrected chi connectivity index (χ4v) is 1.53. The van der Waals surface area contributed by atoms with Crippen molar-refractivity contribution in [2.75, 3.05) is 12.4 Å². The van der Waals surface area contributed by atoms with Gasteiger partial charge in [0.25, 0.3) is 5.69 Å². The number of aromatic nitrogens is 2. The Hall–Kier alpha value is -2.70. The van der Waals surface area contributed by atoms with Gasteiger partial charge in [-0.25, -0.2) is 0 Å². The minimum atomic E-state index is -2.71. The number of nitrogens with one attached hydrogen (secondary N) is 1. The average molecular weight is 263 g/mol. The zero-order valence-electron chi connectivity index (χ0n) is 12.7. The number of nitrogens with zero attached hydrogens (tertiary/aromatic N) is 3. The molecule has 2 rings (SSSR count). The molecule has 1 aromatic carbocycles. The number of rotatable bonds is 5. The Bertz CT molecular complexity index is 664. The first-order valence-corrected chi connectivity index (χ1v) is 5.32. The molecule has 0 spiro atoms. The van der Waals surface area contributed by atoms with Crippen LogP contribution in [-0.2, 0) is 6.54 Å². The van der Waals surface area contributed by atoms with Crippen molar-refractivity contribution in [3.8, 4) is 5.75 Å². The van der Waals surface area contributed by atoms with Gasteiger partial charge >= 0.3 is 0 Å². The number of anilines is 1. The normalized spacial score (nSPS) is 12.9. The van der Waals surface area contributed by atoms with Crippen LogP contribution in [-0.4, -0.2) is 21.9 Å². The Labute approximate surface area is 113 Å². The van der Waals surface area contributed by atoms with Crippen LogP contribution in [0.2, 0.25) is 0 Å². The molecular formula is C12H12N4O3. The van der Waals surface area contributed by atoms with Gasteiger partial charge in [0.2, 0.25) is 0 Å². The highest BCUT2D eigenvalue weighted by atomic mass is 16.6. The van der Waals surface area contributed by atoms with Gasteiger partial charge in [0, 0.05) is 18.5 Å². The first-order valence-electron chi connectivity index (χ1n) is 6.82. The molecule has 1 N–H and O–H groups in total. The molecule has 7 nitrogen and oxygen atoms in total. The van der Waals surface area contributed by atoms with E-state index in [0.29, 0.717) is 5.69 Å². The molecule has 0 radical (unpaired) electrons. The highest BCUT2D eigenvalue weighted by molar-refractivity contribution is 5.69. The van der Waals surface area contributed by atoms with Crippen molar-refractivity contribution in [1.29, 1.82) is 0 Å². The van der Waals surface area contributed by atoms with Crippen molar-refractivity contribution in [3.63, 3.8) is 0 Å². The molecule has 0 atom stereocenters. The zero-order valence-corrected chi connectivity index (χ0v) is 9.74. The topological polar surface area (TPSA) is 90.2 Å². The molecule has 0 amide bonds. The Kier molecular flexibility index (Phi) is 2.81. The van der Waals surface area contributed by atoms with E-state index >= 15 is 0 Å². The number of para-hydroxylation sites is 1. The molecule has 0 saturated carbocycles. The first kappa shape index (κ1) is 9.26. The quantitative estimate of drug-likeness (QED) is 0.655. The van der Waals surface area contributed by atoms with E-state index in [0.717, 1.165) is 0 Å². The van der Waals surface area contributed by atoms with Crippen LogP contribution in [0.25, 0.3) is 0 Å². The van der Waals surface area contributed by atoms with Crippen molar-refractivity contribution >= 4 is 11.4 Å². The van der Waals surface area contributed by atoms with E-state index in [1.165, 1.54) is 36.8 Å². The van der Waals surface area contributed by atoms with Crippen LogP contribution < -0.4 is 10.1 Å². The lowest BCUT2D eigenvalue weighted by Crippen LogP contribution is -2.06. The fourth-order valence-electron chi connectivity index (χ4n) is 1.53. The molecule has 0 bridgehead atoms.